The SMILES string of the molecule is CN=C(NCc1ccnc(N2CCCC2)c1)NCc1coc(-c2ccc(C)cc2)n1.I. The summed E-state index contributed by atoms with van der Waals surface area (Å²) in [6.45, 7) is 5.46. The first-order valence-corrected chi connectivity index (χ1v) is 10.4. The maximum Gasteiger partial charge on any atom is 0.226 e. The molecule has 2 aromatic heterocycles. The van der Waals surface area contributed by atoms with Gasteiger partial charge in [0, 0.05) is 38.4 Å². The van der Waals surface area contributed by atoms with Crippen LogP contribution in [0.1, 0.15) is 29.7 Å². The molecule has 164 valence electrons. The number of guanidine groups is 1. The van der Waals surface area contributed by atoms with Gasteiger partial charge in [-0.1, -0.05) is 17.7 Å². The molecular weight excluding hydrogens is 503 g/mol. The minimum atomic E-state index is 0. The fourth-order valence-electron chi connectivity index (χ4n) is 3.49. The molecule has 1 aliphatic rings. The Kier molecular flexibility index (Phi) is 8.27. The van der Waals surface area contributed by atoms with Crippen molar-refractivity contribution < 1.29 is 4.42 Å². The minimum Gasteiger partial charge on any atom is -0.444 e. The molecule has 0 atom stereocenters. The number of aryl methyl sites for hydroxylation is 1. The summed E-state index contributed by atoms with van der Waals surface area (Å²) < 4.78 is 5.62. The molecule has 7 nitrogen and oxygen atoms in total. The molecule has 1 saturated heterocycles. The Labute approximate surface area is 200 Å². The maximum atomic E-state index is 5.62. The summed E-state index contributed by atoms with van der Waals surface area (Å²) in [5, 5.41) is 6.64. The third-order valence-corrected chi connectivity index (χ3v) is 5.21. The number of aliphatic imine (C=N–C) groups is 1. The summed E-state index contributed by atoms with van der Waals surface area (Å²) in [5.74, 6) is 2.40. The Balaban J connectivity index is 0.00000272. The molecule has 0 amide bonds. The fourth-order valence-corrected chi connectivity index (χ4v) is 3.49. The highest BCUT2D eigenvalue weighted by molar-refractivity contribution is 14.0. The van der Waals surface area contributed by atoms with Gasteiger partial charge in [0.1, 0.15) is 12.1 Å². The van der Waals surface area contributed by atoms with E-state index in [4.69, 9.17) is 4.42 Å². The van der Waals surface area contributed by atoms with Gasteiger partial charge >= 0.3 is 0 Å². The lowest BCUT2D eigenvalue weighted by molar-refractivity contribution is 0.572. The van der Waals surface area contributed by atoms with Gasteiger partial charge in [-0.2, -0.15) is 0 Å². The van der Waals surface area contributed by atoms with E-state index in [0.29, 0.717) is 19.0 Å². The first-order chi connectivity index (χ1) is 14.7. The van der Waals surface area contributed by atoms with Crippen molar-refractivity contribution in [2.75, 3.05) is 25.0 Å². The van der Waals surface area contributed by atoms with Crippen LogP contribution in [0.15, 0.2) is 58.3 Å². The van der Waals surface area contributed by atoms with Crippen molar-refractivity contribution in [1.82, 2.24) is 20.6 Å². The van der Waals surface area contributed by atoms with E-state index in [-0.39, 0.29) is 24.0 Å². The first kappa shape index (κ1) is 23.1. The Morgan fingerprint density at radius 1 is 1.10 bits per heavy atom. The fraction of sp³-hybridized carbons (Fsp3) is 0.348. The van der Waals surface area contributed by atoms with Gasteiger partial charge in [-0.3, -0.25) is 4.99 Å². The minimum absolute atomic E-state index is 0. The van der Waals surface area contributed by atoms with E-state index in [1.165, 1.54) is 24.0 Å². The van der Waals surface area contributed by atoms with Gasteiger partial charge in [-0.05, 0) is 49.6 Å². The average molecular weight is 532 g/mol. The van der Waals surface area contributed by atoms with Gasteiger partial charge in [0.15, 0.2) is 5.96 Å². The Hall–Kier alpha value is -2.62. The lowest BCUT2D eigenvalue weighted by atomic mass is 10.1. The zero-order chi connectivity index (χ0) is 20.8. The Bertz CT molecular complexity index is 995. The molecule has 1 aliphatic heterocycles. The predicted octanol–water partition coefficient (Wildman–Crippen LogP) is 4.13. The number of anilines is 1. The second kappa shape index (κ2) is 11.1. The molecule has 4 rings (SSSR count). The first-order valence-electron chi connectivity index (χ1n) is 10.4. The monoisotopic (exact) mass is 532 g/mol. The lowest BCUT2D eigenvalue weighted by Crippen LogP contribution is -2.36. The van der Waals surface area contributed by atoms with Crippen LogP contribution >= 0.6 is 24.0 Å². The Morgan fingerprint density at radius 3 is 2.58 bits per heavy atom. The normalized spacial score (nSPS) is 13.7. The highest BCUT2D eigenvalue weighted by Gasteiger charge is 2.13. The van der Waals surface area contributed by atoms with E-state index in [2.05, 4.69) is 55.6 Å². The van der Waals surface area contributed by atoms with Crippen molar-refractivity contribution in [3.8, 4) is 11.5 Å². The van der Waals surface area contributed by atoms with Crippen LogP contribution in [0.4, 0.5) is 5.82 Å². The zero-order valence-corrected chi connectivity index (χ0v) is 20.3. The van der Waals surface area contributed by atoms with E-state index in [1.54, 1.807) is 13.3 Å². The predicted molar refractivity (Wildman–Crippen MR) is 135 cm³/mol. The van der Waals surface area contributed by atoms with E-state index in [1.807, 2.05) is 24.4 Å². The number of nitrogens with one attached hydrogen (secondary N) is 2. The molecule has 0 saturated carbocycles. The number of benzene rings is 1. The number of nitrogens with zero attached hydrogens (tertiary/aromatic N) is 4. The average Bonchev–Trinajstić information content (AvgIpc) is 3.47. The molecule has 1 aromatic carbocycles. The van der Waals surface area contributed by atoms with E-state index in [0.717, 1.165) is 36.1 Å². The summed E-state index contributed by atoms with van der Waals surface area (Å²) in [5.41, 5.74) is 4.19. The van der Waals surface area contributed by atoms with Crippen LogP contribution < -0.4 is 15.5 Å². The second-order valence-corrected chi connectivity index (χ2v) is 7.51. The molecule has 8 heteroatoms. The summed E-state index contributed by atoms with van der Waals surface area (Å²) in [7, 11) is 1.76. The van der Waals surface area contributed by atoms with Gasteiger partial charge in [-0.15, -0.1) is 24.0 Å². The largest absolute Gasteiger partial charge is 0.444 e. The van der Waals surface area contributed by atoms with Gasteiger partial charge < -0.3 is 20.0 Å². The highest BCUT2D eigenvalue weighted by atomic mass is 127. The molecule has 0 aliphatic carbocycles. The van der Waals surface area contributed by atoms with Gasteiger partial charge in [0.25, 0.3) is 0 Å². The number of rotatable bonds is 6. The molecular formula is C23H29IN6O. The summed E-state index contributed by atoms with van der Waals surface area (Å²) in [6, 6.07) is 12.3. The third-order valence-electron chi connectivity index (χ3n) is 5.21. The second-order valence-electron chi connectivity index (χ2n) is 7.51. The van der Waals surface area contributed by atoms with Crippen molar-refractivity contribution >= 4 is 35.8 Å². The maximum absolute atomic E-state index is 5.62. The van der Waals surface area contributed by atoms with Crippen LogP contribution in [0.5, 0.6) is 0 Å². The smallest absolute Gasteiger partial charge is 0.226 e. The van der Waals surface area contributed by atoms with Crippen LogP contribution in [0, 0.1) is 6.92 Å². The number of aromatic nitrogens is 2. The van der Waals surface area contributed by atoms with Crippen LogP contribution in [0.25, 0.3) is 11.5 Å². The van der Waals surface area contributed by atoms with Gasteiger partial charge in [0.2, 0.25) is 5.89 Å². The number of hydrogen-bond acceptors (Lipinski definition) is 5. The van der Waals surface area contributed by atoms with Crippen LogP contribution in [0.3, 0.4) is 0 Å². The van der Waals surface area contributed by atoms with Crippen molar-refractivity contribution in [3.05, 3.63) is 65.7 Å². The number of pyridine rings is 1. The molecule has 1 fully saturated rings. The summed E-state index contributed by atoms with van der Waals surface area (Å²) in [4.78, 5) is 15.7. The summed E-state index contributed by atoms with van der Waals surface area (Å²) in [6.07, 6.45) is 6.05. The van der Waals surface area contributed by atoms with Crippen molar-refractivity contribution in [3.63, 3.8) is 0 Å². The molecule has 0 unspecified atom stereocenters. The third kappa shape index (κ3) is 6.19. The van der Waals surface area contributed by atoms with Crippen LogP contribution in [0.2, 0.25) is 0 Å². The highest BCUT2D eigenvalue weighted by Crippen LogP contribution is 2.19. The van der Waals surface area contributed by atoms with Gasteiger partial charge in [0.05, 0.1) is 12.2 Å². The number of halogens is 1. The van der Waals surface area contributed by atoms with E-state index >= 15 is 0 Å². The number of hydrogen-bond donors (Lipinski definition) is 2. The molecule has 0 bridgehead atoms. The van der Waals surface area contributed by atoms with E-state index in [9.17, 15) is 0 Å². The standard InChI is InChI=1S/C23H28N6O.HI/c1-17-5-7-19(8-6-17)22-28-20(16-30-22)15-27-23(24-2)26-14-18-9-10-25-21(13-18)29-11-3-4-12-29;/h5-10,13,16H,3-4,11-12,14-15H2,1-2H3,(H2,24,26,27);1H. The van der Waals surface area contributed by atoms with Crippen LogP contribution in [-0.4, -0.2) is 36.1 Å². The quantitative estimate of drug-likeness (QED) is 0.283. The molecule has 0 spiro atoms. The Morgan fingerprint density at radius 2 is 1.84 bits per heavy atom. The molecule has 3 aromatic rings. The topological polar surface area (TPSA) is 78.6 Å². The van der Waals surface area contributed by atoms with Crippen molar-refractivity contribution in [2.24, 2.45) is 4.99 Å². The molecule has 3 heterocycles. The zero-order valence-electron chi connectivity index (χ0n) is 18.0. The van der Waals surface area contributed by atoms with Crippen LogP contribution in [-0.2, 0) is 13.1 Å². The van der Waals surface area contributed by atoms with Gasteiger partial charge in [-0.25, -0.2) is 9.97 Å². The van der Waals surface area contributed by atoms with Crippen molar-refractivity contribution in [2.45, 2.75) is 32.9 Å². The molecule has 31 heavy (non-hydrogen) atoms. The number of oxazole rings is 1. The van der Waals surface area contributed by atoms with Crippen molar-refractivity contribution in [1.29, 1.82) is 0 Å². The summed E-state index contributed by atoms with van der Waals surface area (Å²) >= 11 is 0. The lowest BCUT2D eigenvalue weighted by Gasteiger charge is -2.17. The molecule has 2 N–H and O–H groups in total. The molecule has 0 radical (unpaired) electrons. The van der Waals surface area contributed by atoms with E-state index < -0.39 is 0 Å².